The molecule has 0 saturated carbocycles. The lowest BCUT2D eigenvalue weighted by Crippen LogP contribution is -2.46. The molecule has 0 bridgehead atoms. The monoisotopic (exact) mass is 396 g/mol. The lowest BCUT2D eigenvalue weighted by molar-refractivity contribution is -0.141. The number of hydrogen-bond acceptors (Lipinski definition) is 5. The Morgan fingerprint density at radius 3 is 2.48 bits per heavy atom. The van der Waals surface area contributed by atoms with Gasteiger partial charge in [0.15, 0.2) is 0 Å². The highest BCUT2D eigenvalue weighted by atomic mass is 16.5. The van der Waals surface area contributed by atoms with Gasteiger partial charge in [-0.05, 0) is 30.7 Å². The molecule has 0 radical (unpaired) electrons. The van der Waals surface area contributed by atoms with Crippen molar-refractivity contribution in [2.24, 2.45) is 0 Å². The van der Waals surface area contributed by atoms with Gasteiger partial charge in [0.05, 0.1) is 25.8 Å². The molecular weight excluding hydrogens is 372 g/mol. The van der Waals surface area contributed by atoms with Crippen molar-refractivity contribution < 1.29 is 23.8 Å². The largest absolute Gasteiger partial charge is 0.497 e. The molecule has 1 aliphatic heterocycles. The number of carbonyl (C=O) groups is 2. The van der Waals surface area contributed by atoms with Crippen molar-refractivity contribution in [3.8, 4) is 11.5 Å². The van der Waals surface area contributed by atoms with E-state index in [0.717, 1.165) is 5.56 Å². The van der Waals surface area contributed by atoms with E-state index in [2.05, 4.69) is 5.32 Å². The molecule has 0 spiro atoms. The van der Waals surface area contributed by atoms with Crippen LogP contribution in [0.4, 0.5) is 4.79 Å². The average Bonchev–Trinajstić information content (AvgIpc) is 2.75. The van der Waals surface area contributed by atoms with Crippen molar-refractivity contribution >= 4 is 12.0 Å². The Bertz CT molecular complexity index is 939. The molecule has 1 heterocycles. The molecule has 1 N–H and O–H groups in total. The molecule has 0 aliphatic carbocycles. The Kier molecular flexibility index (Phi) is 6.07. The number of allylic oxidation sites excluding steroid dienone is 1. The predicted octanol–water partition coefficient (Wildman–Crippen LogP) is 3.42. The average molecular weight is 396 g/mol. The lowest BCUT2D eigenvalue weighted by Gasteiger charge is -2.33. The summed E-state index contributed by atoms with van der Waals surface area (Å²) >= 11 is 0. The van der Waals surface area contributed by atoms with Gasteiger partial charge in [-0.25, -0.2) is 9.59 Å². The minimum atomic E-state index is -0.730. The topological polar surface area (TPSA) is 77.1 Å². The van der Waals surface area contributed by atoms with Crippen molar-refractivity contribution in [1.82, 2.24) is 10.2 Å². The summed E-state index contributed by atoms with van der Waals surface area (Å²) in [6, 6.07) is 13.6. The summed E-state index contributed by atoms with van der Waals surface area (Å²) in [6.07, 6.45) is 0. The van der Waals surface area contributed by atoms with E-state index in [1.54, 1.807) is 39.3 Å². The predicted molar refractivity (Wildman–Crippen MR) is 108 cm³/mol. The molecule has 1 atom stereocenters. The van der Waals surface area contributed by atoms with Crippen molar-refractivity contribution in [3.05, 3.63) is 70.9 Å². The van der Waals surface area contributed by atoms with Gasteiger partial charge in [-0.3, -0.25) is 0 Å². The molecule has 2 amide bonds. The molecule has 0 unspecified atom stereocenters. The summed E-state index contributed by atoms with van der Waals surface area (Å²) in [4.78, 5) is 26.9. The van der Waals surface area contributed by atoms with E-state index in [4.69, 9.17) is 14.2 Å². The van der Waals surface area contributed by atoms with Crippen LogP contribution in [-0.4, -0.2) is 38.2 Å². The van der Waals surface area contributed by atoms with Crippen LogP contribution >= 0.6 is 0 Å². The van der Waals surface area contributed by atoms with E-state index in [1.165, 1.54) is 12.0 Å². The number of nitrogens with one attached hydrogen (secondary N) is 1. The zero-order valence-electron chi connectivity index (χ0n) is 16.9. The van der Waals surface area contributed by atoms with Crippen molar-refractivity contribution in [1.29, 1.82) is 0 Å². The van der Waals surface area contributed by atoms with Crippen LogP contribution < -0.4 is 14.8 Å². The second kappa shape index (κ2) is 8.68. The summed E-state index contributed by atoms with van der Waals surface area (Å²) in [7, 11) is 4.69. The van der Waals surface area contributed by atoms with Crippen LogP contribution in [0, 0.1) is 0 Å². The number of benzene rings is 2. The molecule has 7 heteroatoms. The first-order valence-corrected chi connectivity index (χ1v) is 9.14. The van der Waals surface area contributed by atoms with E-state index in [0.29, 0.717) is 28.3 Å². The van der Waals surface area contributed by atoms with E-state index in [9.17, 15) is 9.59 Å². The van der Waals surface area contributed by atoms with Crippen LogP contribution in [0.1, 0.15) is 24.1 Å². The number of amides is 2. The van der Waals surface area contributed by atoms with Crippen LogP contribution in [0.5, 0.6) is 11.5 Å². The number of hydrogen-bond donors (Lipinski definition) is 1. The van der Waals surface area contributed by atoms with Crippen LogP contribution in [0.3, 0.4) is 0 Å². The minimum absolute atomic E-state index is 0.135. The van der Waals surface area contributed by atoms with Gasteiger partial charge in [-0.1, -0.05) is 30.3 Å². The van der Waals surface area contributed by atoms with Crippen LogP contribution in [0.2, 0.25) is 0 Å². The van der Waals surface area contributed by atoms with Gasteiger partial charge in [-0.15, -0.1) is 0 Å². The first-order valence-electron chi connectivity index (χ1n) is 9.14. The molecule has 0 saturated heterocycles. The van der Waals surface area contributed by atoms with E-state index in [1.807, 2.05) is 30.3 Å². The number of nitrogens with zero attached hydrogens (tertiary/aromatic N) is 1. The Balaban J connectivity index is 1.99. The molecule has 152 valence electrons. The SMILES string of the molecule is COc1ccc(OC)c([C@H]2NC(=O)N(C)C(C)=C2C(=O)OCc2ccccc2)c1. The van der Waals surface area contributed by atoms with Gasteiger partial charge in [0.2, 0.25) is 0 Å². The maximum absolute atomic E-state index is 13.0. The van der Waals surface area contributed by atoms with Gasteiger partial charge in [0.25, 0.3) is 0 Å². The molecule has 2 aromatic carbocycles. The Morgan fingerprint density at radius 1 is 1.10 bits per heavy atom. The highest BCUT2D eigenvalue weighted by Gasteiger charge is 2.36. The van der Waals surface area contributed by atoms with E-state index in [-0.39, 0.29) is 12.6 Å². The molecule has 2 aromatic rings. The number of urea groups is 1. The first kappa shape index (κ1) is 20.3. The second-order valence-corrected chi connectivity index (χ2v) is 6.61. The molecular formula is C22H24N2O5. The Hall–Kier alpha value is -3.48. The highest BCUT2D eigenvalue weighted by molar-refractivity contribution is 5.95. The van der Waals surface area contributed by atoms with Crippen molar-refractivity contribution in [2.75, 3.05) is 21.3 Å². The van der Waals surface area contributed by atoms with Gasteiger partial charge < -0.3 is 24.4 Å². The fourth-order valence-corrected chi connectivity index (χ4v) is 3.20. The van der Waals surface area contributed by atoms with Crippen LogP contribution in [0.15, 0.2) is 59.8 Å². The summed E-state index contributed by atoms with van der Waals surface area (Å²) in [5, 5.41) is 2.86. The quantitative estimate of drug-likeness (QED) is 0.757. The summed E-state index contributed by atoms with van der Waals surface area (Å²) in [6.45, 7) is 1.85. The van der Waals surface area contributed by atoms with Crippen LogP contribution in [0.25, 0.3) is 0 Å². The third kappa shape index (κ3) is 4.18. The van der Waals surface area contributed by atoms with Gasteiger partial charge >= 0.3 is 12.0 Å². The molecule has 0 fully saturated rings. The first-order chi connectivity index (χ1) is 14.0. The summed E-state index contributed by atoms with van der Waals surface area (Å²) in [5.74, 6) is 0.610. The van der Waals surface area contributed by atoms with E-state index < -0.39 is 12.0 Å². The van der Waals surface area contributed by atoms with Crippen molar-refractivity contribution in [3.63, 3.8) is 0 Å². The summed E-state index contributed by atoms with van der Waals surface area (Å²) < 4.78 is 16.3. The van der Waals surface area contributed by atoms with Gasteiger partial charge in [0.1, 0.15) is 18.1 Å². The maximum Gasteiger partial charge on any atom is 0.338 e. The van der Waals surface area contributed by atoms with Gasteiger partial charge in [-0.2, -0.15) is 0 Å². The Labute approximate surface area is 169 Å². The molecule has 3 rings (SSSR count). The third-order valence-electron chi connectivity index (χ3n) is 4.93. The Morgan fingerprint density at radius 2 is 1.83 bits per heavy atom. The number of ether oxygens (including phenoxy) is 3. The maximum atomic E-state index is 13.0. The molecule has 29 heavy (non-hydrogen) atoms. The zero-order chi connectivity index (χ0) is 21.0. The smallest absolute Gasteiger partial charge is 0.338 e. The number of esters is 1. The minimum Gasteiger partial charge on any atom is -0.497 e. The third-order valence-corrected chi connectivity index (χ3v) is 4.93. The number of carbonyl (C=O) groups excluding carboxylic acids is 2. The fourth-order valence-electron chi connectivity index (χ4n) is 3.20. The fraction of sp³-hybridized carbons (Fsp3) is 0.273. The molecule has 1 aliphatic rings. The number of methoxy groups -OCH3 is 2. The van der Waals surface area contributed by atoms with Crippen LogP contribution in [-0.2, 0) is 16.1 Å². The van der Waals surface area contributed by atoms with Crippen molar-refractivity contribution in [2.45, 2.75) is 19.6 Å². The zero-order valence-corrected chi connectivity index (χ0v) is 16.9. The molecule has 7 nitrogen and oxygen atoms in total. The standard InChI is InChI=1S/C22H24N2O5/c1-14-19(21(25)29-13-15-8-6-5-7-9-15)20(23-22(26)24(14)2)17-12-16(27-3)10-11-18(17)28-4/h5-12,20H,13H2,1-4H3,(H,23,26)/t20-/m1/s1. The molecule has 0 aromatic heterocycles. The normalized spacial score (nSPS) is 16.3. The lowest BCUT2D eigenvalue weighted by atomic mass is 9.94. The van der Waals surface area contributed by atoms with Gasteiger partial charge in [0, 0.05) is 18.3 Å². The summed E-state index contributed by atoms with van der Waals surface area (Å²) in [5.41, 5.74) is 2.35. The van der Waals surface area contributed by atoms with E-state index >= 15 is 0 Å². The second-order valence-electron chi connectivity index (χ2n) is 6.61. The number of rotatable bonds is 6. The highest BCUT2D eigenvalue weighted by Crippen LogP contribution is 2.37.